The first-order chi connectivity index (χ1) is 9.16. The molecular weight excluding hydrogens is 438 g/mol. The molecule has 0 aromatic heterocycles. The summed E-state index contributed by atoms with van der Waals surface area (Å²) in [6.45, 7) is 1.59. The summed E-state index contributed by atoms with van der Waals surface area (Å²) in [5.41, 5.74) is 0. The zero-order chi connectivity index (χ0) is 13.7. The summed E-state index contributed by atoms with van der Waals surface area (Å²) >= 11 is 10.5. The van der Waals surface area contributed by atoms with Crippen LogP contribution in [0.5, 0.6) is 5.75 Å². The van der Waals surface area contributed by atoms with Crippen LogP contribution in [0.15, 0.2) is 25.6 Å². The van der Waals surface area contributed by atoms with Crippen molar-refractivity contribution in [2.24, 2.45) is 0 Å². The van der Waals surface area contributed by atoms with Crippen molar-refractivity contribution in [2.45, 2.75) is 38.1 Å². The molecule has 0 amide bonds. The second kappa shape index (κ2) is 8.01. The lowest BCUT2D eigenvalue weighted by molar-refractivity contribution is 0.286. The van der Waals surface area contributed by atoms with Crippen molar-refractivity contribution in [3.63, 3.8) is 0 Å². The summed E-state index contributed by atoms with van der Waals surface area (Å²) < 4.78 is 8.79. The van der Waals surface area contributed by atoms with E-state index in [1.807, 2.05) is 12.1 Å². The van der Waals surface area contributed by atoms with Crippen molar-refractivity contribution in [3.05, 3.63) is 25.6 Å². The van der Waals surface area contributed by atoms with Gasteiger partial charge in [0.15, 0.2) is 0 Å². The number of rotatable bonds is 5. The van der Waals surface area contributed by atoms with Crippen LogP contribution in [0.25, 0.3) is 0 Å². The molecule has 0 spiro atoms. The fraction of sp³-hybridized carbons (Fsp3) is 0.571. The highest BCUT2D eigenvalue weighted by Gasteiger charge is 2.12. The molecule has 2 nitrogen and oxygen atoms in total. The van der Waals surface area contributed by atoms with E-state index in [1.54, 1.807) is 0 Å². The van der Waals surface area contributed by atoms with Crippen molar-refractivity contribution < 1.29 is 4.74 Å². The van der Waals surface area contributed by atoms with E-state index >= 15 is 0 Å². The zero-order valence-electron chi connectivity index (χ0n) is 10.7. The lowest BCUT2D eigenvalue weighted by atomic mass is 9.96. The van der Waals surface area contributed by atoms with Crippen LogP contribution < -0.4 is 10.1 Å². The minimum Gasteiger partial charge on any atom is -0.490 e. The van der Waals surface area contributed by atoms with Crippen molar-refractivity contribution in [3.8, 4) is 5.75 Å². The molecule has 0 aliphatic heterocycles. The quantitative estimate of drug-likeness (QED) is 0.610. The molecule has 0 bridgehead atoms. The predicted octanol–water partition coefficient (Wildman–Crippen LogP) is 5.28. The topological polar surface area (TPSA) is 21.3 Å². The Morgan fingerprint density at radius 3 is 2.32 bits per heavy atom. The van der Waals surface area contributed by atoms with Gasteiger partial charge >= 0.3 is 0 Å². The van der Waals surface area contributed by atoms with Gasteiger partial charge in [-0.25, -0.2) is 0 Å². The Kier molecular flexibility index (Phi) is 6.66. The Labute approximate surface area is 140 Å². The molecule has 1 aromatic rings. The minimum atomic E-state index is 0.689. The molecular formula is C14H18Br3NO. The van der Waals surface area contributed by atoms with Crippen molar-refractivity contribution in [2.75, 3.05) is 13.2 Å². The number of ether oxygens (including phenoxy) is 1. The number of hydrogen-bond acceptors (Lipinski definition) is 2. The molecule has 1 saturated carbocycles. The van der Waals surface area contributed by atoms with Crippen LogP contribution in [0.3, 0.4) is 0 Å². The Morgan fingerprint density at radius 2 is 1.68 bits per heavy atom. The van der Waals surface area contributed by atoms with Gasteiger partial charge in [0.25, 0.3) is 0 Å². The highest BCUT2D eigenvalue weighted by molar-refractivity contribution is 9.11. The van der Waals surface area contributed by atoms with Crippen molar-refractivity contribution in [1.82, 2.24) is 5.32 Å². The van der Waals surface area contributed by atoms with Crippen LogP contribution in [0.4, 0.5) is 0 Å². The maximum Gasteiger partial charge on any atom is 0.147 e. The van der Waals surface area contributed by atoms with Gasteiger partial charge in [-0.15, -0.1) is 0 Å². The van der Waals surface area contributed by atoms with E-state index in [0.29, 0.717) is 12.6 Å². The van der Waals surface area contributed by atoms with Crippen LogP contribution in [-0.4, -0.2) is 19.2 Å². The summed E-state index contributed by atoms with van der Waals surface area (Å²) in [7, 11) is 0. The van der Waals surface area contributed by atoms with Crippen molar-refractivity contribution in [1.29, 1.82) is 0 Å². The molecule has 0 heterocycles. The molecule has 1 N–H and O–H groups in total. The van der Waals surface area contributed by atoms with E-state index in [4.69, 9.17) is 4.74 Å². The maximum absolute atomic E-state index is 5.84. The molecule has 1 aliphatic carbocycles. The van der Waals surface area contributed by atoms with E-state index in [0.717, 1.165) is 25.7 Å². The van der Waals surface area contributed by atoms with Crippen LogP contribution in [0.1, 0.15) is 32.1 Å². The average Bonchev–Trinajstić information content (AvgIpc) is 2.38. The molecule has 1 aliphatic rings. The molecule has 106 valence electrons. The van der Waals surface area contributed by atoms with Crippen LogP contribution in [0.2, 0.25) is 0 Å². The number of hydrogen-bond donors (Lipinski definition) is 1. The van der Waals surface area contributed by atoms with Gasteiger partial charge in [-0.2, -0.15) is 0 Å². The molecule has 5 heteroatoms. The lowest BCUT2D eigenvalue weighted by Crippen LogP contribution is -2.34. The van der Waals surface area contributed by atoms with E-state index < -0.39 is 0 Å². The molecule has 2 rings (SSSR count). The van der Waals surface area contributed by atoms with Crippen LogP contribution in [-0.2, 0) is 0 Å². The second-order valence-electron chi connectivity index (χ2n) is 4.84. The third-order valence-electron chi connectivity index (χ3n) is 3.35. The molecule has 0 atom stereocenters. The highest BCUT2D eigenvalue weighted by atomic mass is 79.9. The predicted molar refractivity (Wildman–Crippen MR) is 89.9 cm³/mol. The average molecular weight is 456 g/mol. The Bertz CT molecular complexity index is 396. The fourth-order valence-electron chi connectivity index (χ4n) is 2.39. The third kappa shape index (κ3) is 5.03. The SMILES string of the molecule is Brc1cc(Br)c(OCCNC2CCCCC2)c(Br)c1. The first-order valence-corrected chi connectivity index (χ1v) is 9.05. The normalized spacial score (nSPS) is 16.6. The van der Waals surface area contributed by atoms with Crippen molar-refractivity contribution >= 4 is 47.8 Å². The summed E-state index contributed by atoms with van der Waals surface area (Å²) in [5, 5.41) is 3.58. The van der Waals surface area contributed by atoms with Crippen LogP contribution in [0, 0.1) is 0 Å². The van der Waals surface area contributed by atoms with E-state index in [-0.39, 0.29) is 0 Å². The van der Waals surface area contributed by atoms with Gasteiger partial charge < -0.3 is 10.1 Å². The van der Waals surface area contributed by atoms with E-state index in [1.165, 1.54) is 32.1 Å². The smallest absolute Gasteiger partial charge is 0.147 e. The van der Waals surface area contributed by atoms with Gasteiger partial charge in [0.2, 0.25) is 0 Å². The standard InChI is InChI=1S/C14H18Br3NO/c15-10-8-12(16)14(13(17)9-10)19-7-6-18-11-4-2-1-3-5-11/h8-9,11,18H,1-7H2. The van der Waals surface area contributed by atoms with Gasteiger partial charge in [-0.05, 0) is 56.8 Å². The number of benzene rings is 1. The summed E-state index contributed by atoms with van der Waals surface area (Å²) in [4.78, 5) is 0. The summed E-state index contributed by atoms with van der Waals surface area (Å²) in [6.07, 6.45) is 6.75. The van der Waals surface area contributed by atoms with Gasteiger partial charge in [0, 0.05) is 17.1 Å². The molecule has 0 radical (unpaired) electrons. The first-order valence-electron chi connectivity index (χ1n) is 6.67. The largest absolute Gasteiger partial charge is 0.490 e. The lowest BCUT2D eigenvalue weighted by Gasteiger charge is -2.23. The first kappa shape index (κ1) is 15.8. The second-order valence-corrected chi connectivity index (χ2v) is 7.46. The van der Waals surface area contributed by atoms with Gasteiger partial charge in [-0.1, -0.05) is 35.2 Å². The summed E-state index contributed by atoms with van der Waals surface area (Å²) in [5.74, 6) is 0.869. The fourth-order valence-corrected chi connectivity index (χ4v) is 4.88. The van der Waals surface area contributed by atoms with Gasteiger partial charge in [-0.3, -0.25) is 0 Å². The Hall–Kier alpha value is 0.420. The Morgan fingerprint density at radius 1 is 1.05 bits per heavy atom. The Balaban J connectivity index is 1.76. The molecule has 19 heavy (non-hydrogen) atoms. The molecule has 0 unspecified atom stereocenters. The molecule has 0 saturated heterocycles. The zero-order valence-corrected chi connectivity index (χ0v) is 15.5. The number of nitrogens with one attached hydrogen (secondary N) is 1. The van der Waals surface area contributed by atoms with E-state index in [2.05, 4.69) is 53.1 Å². The molecule has 1 fully saturated rings. The van der Waals surface area contributed by atoms with Crippen LogP contribution >= 0.6 is 47.8 Å². The minimum absolute atomic E-state index is 0.689. The monoisotopic (exact) mass is 453 g/mol. The third-order valence-corrected chi connectivity index (χ3v) is 4.99. The highest BCUT2D eigenvalue weighted by Crippen LogP contribution is 2.36. The number of halogens is 3. The van der Waals surface area contributed by atoms with Gasteiger partial charge in [0.05, 0.1) is 8.95 Å². The van der Waals surface area contributed by atoms with Gasteiger partial charge in [0.1, 0.15) is 12.4 Å². The van der Waals surface area contributed by atoms with E-state index in [9.17, 15) is 0 Å². The maximum atomic E-state index is 5.84. The molecule has 1 aromatic carbocycles. The summed E-state index contributed by atoms with van der Waals surface area (Å²) in [6, 6.07) is 4.68.